The summed E-state index contributed by atoms with van der Waals surface area (Å²) in [6.07, 6.45) is -0.0313. The first-order chi connectivity index (χ1) is 13.1. The number of hydrogen-bond donors (Lipinski definition) is 3. The fourth-order valence-electron chi connectivity index (χ4n) is 3.17. The lowest BCUT2D eigenvalue weighted by Crippen LogP contribution is -2.04. The van der Waals surface area contributed by atoms with Gasteiger partial charge in [-0.3, -0.25) is 16.5 Å². The number of hydrazine groups is 1. The van der Waals surface area contributed by atoms with Crippen molar-refractivity contribution in [1.82, 2.24) is 4.40 Å². The molecule has 0 amide bonds. The summed E-state index contributed by atoms with van der Waals surface area (Å²) in [7, 11) is 0. The van der Waals surface area contributed by atoms with Crippen molar-refractivity contribution in [3.8, 4) is 21.6 Å². The molecule has 28 heavy (non-hydrogen) atoms. The van der Waals surface area contributed by atoms with Crippen LogP contribution in [0.15, 0.2) is 47.8 Å². The summed E-state index contributed by atoms with van der Waals surface area (Å²) < 4.78 is 2.77. The maximum absolute atomic E-state index is 11.5. The Morgan fingerprint density at radius 2 is 1.82 bits per heavy atom. The van der Waals surface area contributed by atoms with E-state index in [2.05, 4.69) is 33.6 Å². The lowest BCUT2D eigenvalue weighted by atomic mass is 10.0. The Morgan fingerprint density at radius 3 is 2.39 bits per heavy atom. The summed E-state index contributed by atoms with van der Waals surface area (Å²) in [5.41, 5.74) is 4.98. The number of carboxylic acids is 1. The van der Waals surface area contributed by atoms with E-state index in [0.29, 0.717) is 4.34 Å². The van der Waals surface area contributed by atoms with Crippen LogP contribution in [0.5, 0.6) is 0 Å². The van der Waals surface area contributed by atoms with Gasteiger partial charge in [0.05, 0.1) is 10.8 Å². The van der Waals surface area contributed by atoms with E-state index in [0.717, 1.165) is 37.8 Å². The molecule has 0 unspecified atom stereocenters. The number of carboxylic acid groups (broad SMARTS) is 1. The average molecular weight is 438 g/mol. The van der Waals surface area contributed by atoms with Crippen molar-refractivity contribution in [3.05, 3.63) is 63.6 Å². The van der Waals surface area contributed by atoms with Crippen LogP contribution in [0.25, 0.3) is 26.4 Å². The molecule has 9 heteroatoms. The maximum atomic E-state index is 11.5. The second kappa shape index (κ2) is 9.33. The minimum absolute atomic E-state index is 0. The number of nitrogens with zero attached hydrogens (tertiary/aromatic N) is 1. The monoisotopic (exact) mass is 437 g/mol. The number of rotatable bonds is 4. The molecule has 3 heterocycles. The number of benzene rings is 1. The highest BCUT2D eigenvalue weighted by Gasteiger charge is 2.25. The Labute approximate surface area is 174 Å². The van der Waals surface area contributed by atoms with Gasteiger partial charge in [0.15, 0.2) is 0 Å². The first kappa shape index (κ1) is 22.1. The summed E-state index contributed by atoms with van der Waals surface area (Å²) >= 11 is 9.29. The summed E-state index contributed by atoms with van der Waals surface area (Å²) in [5.74, 6) is 7.16. The van der Waals surface area contributed by atoms with Gasteiger partial charge in [-0.25, -0.2) is 0 Å². The Balaban J connectivity index is 0.000000906. The third kappa shape index (κ3) is 3.97. The standard InChI is InChI=1S/C19H14ClNO2S2.H4N2.H2O/c1-11-10-24-19-17(12-5-3-2-4-6-12)18(14-7-8-15(20)25-14)13(21(11)19)9-16(22)23;1-2;/h2-8,10H,9H2,1H3,(H,22,23);1-2H2;1H2. The zero-order valence-corrected chi connectivity index (χ0v) is 17.4. The fourth-order valence-corrected chi connectivity index (χ4v) is 5.37. The molecule has 4 aromatic rings. The molecule has 6 nitrogen and oxygen atoms in total. The van der Waals surface area contributed by atoms with Gasteiger partial charge in [0, 0.05) is 32.8 Å². The van der Waals surface area contributed by atoms with Gasteiger partial charge < -0.3 is 15.0 Å². The van der Waals surface area contributed by atoms with Crippen molar-refractivity contribution in [2.24, 2.45) is 11.7 Å². The molecule has 0 atom stereocenters. The normalized spacial score (nSPS) is 10.3. The molecule has 1 aromatic carbocycles. The van der Waals surface area contributed by atoms with Crippen LogP contribution in [0.2, 0.25) is 4.34 Å². The van der Waals surface area contributed by atoms with Crippen molar-refractivity contribution >= 4 is 45.1 Å². The smallest absolute Gasteiger partial charge is 0.309 e. The number of aromatic nitrogens is 1. The molecule has 148 valence electrons. The molecule has 0 saturated carbocycles. The number of fused-ring (bicyclic) bond motifs is 1. The molecular formula is C19H20ClN3O3S2. The van der Waals surface area contributed by atoms with E-state index in [1.54, 1.807) is 11.3 Å². The molecule has 0 fully saturated rings. The molecule has 0 radical (unpaired) electrons. The number of thiazole rings is 1. The lowest BCUT2D eigenvalue weighted by molar-refractivity contribution is -0.136. The van der Waals surface area contributed by atoms with E-state index in [1.807, 2.05) is 37.3 Å². The number of halogens is 1. The van der Waals surface area contributed by atoms with Gasteiger partial charge in [0.25, 0.3) is 0 Å². The van der Waals surface area contributed by atoms with Crippen LogP contribution >= 0.6 is 34.3 Å². The van der Waals surface area contributed by atoms with E-state index in [9.17, 15) is 9.90 Å². The van der Waals surface area contributed by atoms with Gasteiger partial charge in [-0.05, 0) is 24.6 Å². The van der Waals surface area contributed by atoms with E-state index >= 15 is 0 Å². The molecule has 0 aliphatic heterocycles. The van der Waals surface area contributed by atoms with Crippen molar-refractivity contribution in [3.63, 3.8) is 0 Å². The predicted octanol–water partition coefficient (Wildman–Crippen LogP) is 3.98. The van der Waals surface area contributed by atoms with Gasteiger partial charge in [0.1, 0.15) is 4.83 Å². The zero-order valence-electron chi connectivity index (χ0n) is 15.0. The third-order valence-corrected chi connectivity index (χ3v) is 6.44. The number of hydrogen-bond acceptors (Lipinski definition) is 5. The lowest BCUT2D eigenvalue weighted by Gasteiger charge is -2.06. The first-order valence-electron chi connectivity index (χ1n) is 8.04. The number of aryl methyl sites for hydroxylation is 1. The molecule has 7 N–H and O–H groups in total. The Hall–Kier alpha value is -2.20. The highest BCUT2D eigenvalue weighted by atomic mass is 35.5. The fraction of sp³-hybridized carbons (Fsp3) is 0.105. The van der Waals surface area contributed by atoms with Crippen LogP contribution in [0.4, 0.5) is 0 Å². The summed E-state index contributed by atoms with van der Waals surface area (Å²) in [5, 5.41) is 11.5. The Bertz CT molecular complexity index is 1090. The van der Waals surface area contributed by atoms with Crippen LogP contribution in [-0.4, -0.2) is 21.0 Å². The van der Waals surface area contributed by atoms with Gasteiger partial charge in [-0.15, -0.1) is 22.7 Å². The quantitative estimate of drug-likeness (QED) is 0.329. The van der Waals surface area contributed by atoms with Crippen LogP contribution in [-0.2, 0) is 11.2 Å². The number of aliphatic carboxylic acids is 1. The Morgan fingerprint density at radius 1 is 1.14 bits per heavy atom. The Kier molecular flexibility index (Phi) is 7.36. The van der Waals surface area contributed by atoms with E-state index in [1.165, 1.54) is 11.3 Å². The second-order valence-electron chi connectivity index (χ2n) is 5.75. The molecule has 4 rings (SSSR count). The highest BCUT2D eigenvalue weighted by Crippen LogP contribution is 2.45. The van der Waals surface area contributed by atoms with E-state index < -0.39 is 5.97 Å². The molecule has 3 aromatic heterocycles. The van der Waals surface area contributed by atoms with Crippen molar-refractivity contribution < 1.29 is 15.4 Å². The number of thiophene rings is 1. The first-order valence-corrected chi connectivity index (χ1v) is 10.1. The van der Waals surface area contributed by atoms with Crippen molar-refractivity contribution in [1.29, 1.82) is 0 Å². The average Bonchev–Trinajstić information content (AvgIpc) is 3.33. The molecule has 0 saturated heterocycles. The third-order valence-electron chi connectivity index (χ3n) is 4.12. The molecule has 0 spiro atoms. The highest BCUT2D eigenvalue weighted by molar-refractivity contribution is 7.19. The zero-order chi connectivity index (χ0) is 19.6. The largest absolute Gasteiger partial charge is 0.481 e. The minimum Gasteiger partial charge on any atom is -0.481 e. The van der Waals surface area contributed by atoms with Crippen LogP contribution in [0.3, 0.4) is 0 Å². The van der Waals surface area contributed by atoms with Crippen LogP contribution in [0, 0.1) is 6.92 Å². The van der Waals surface area contributed by atoms with Crippen LogP contribution in [0.1, 0.15) is 11.4 Å². The number of nitrogens with two attached hydrogens (primary N) is 2. The van der Waals surface area contributed by atoms with Crippen molar-refractivity contribution in [2.45, 2.75) is 13.3 Å². The van der Waals surface area contributed by atoms with Gasteiger partial charge in [-0.2, -0.15) is 0 Å². The van der Waals surface area contributed by atoms with E-state index in [-0.39, 0.29) is 11.9 Å². The van der Waals surface area contributed by atoms with Gasteiger partial charge in [-0.1, -0.05) is 41.9 Å². The van der Waals surface area contributed by atoms with Gasteiger partial charge >= 0.3 is 5.97 Å². The molecular weight excluding hydrogens is 418 g/mol. The summed E-state index contributed by atoms with van der Waals surface area (Å²) in [6, 6.07) is 13.9. The summed E-state index contributed by atoms with van der Waals surface area (Å²) in [4.78, 5) is 13.6. The maximum Gasteiger partial charge on any atom is 0.309 e. The predicted molar refractivity (Wildman–Crippen MR) is 117 cm³/mol. The topological polar surface area (TPSA) is 125 Å². The molecule has 0 bridgehead atoms. The number of carbonyl (C=O) groups is 1. The molecule has 0 aliphatic rings. The molecule has 0 aliphatic carbocycles. The SMILES string of the molecule is Cc1csc2c(-c3ccccc3)c(-c3ccc(Cl)s3)c(CC(=O)O)n12.NN.O. The van der Waals surface area contributed by atoms with Crippen LogP contribution < -0.4 is 11.7 Å². The van der Waals surface area contributed by atoms with E-state index in [4.69, 9.17) is 11.6 Å². The van der Waals surface area contributed by atoms with Gasteiger partial charge in [0.2, 0.25) is 0 Å². The second-order valence-corrected chi connectivity index (χ2v) is 8.33. The minimum atomic E-state index is -0.839. The van der Waals surface area contributed by atoms with Crippen molar-refractivity contribution in [2.75, 3.05) is 0 Å². The summed E-state index contributed by atoms with van der Waals surface area (Å²) in [6.45, 7) is 2.01.